The molecule has 2 atom stereocenters. The van der Waals surface area contributed by atoms with Crippen LogP contribution in [0, 0.1) is 0 Å². The summed E-state index contributed by atoms with van der Waals surface area (Å²) < 4.78 is 5.69. The molecule has 0 amide bonds. The van der Waals surface area contributed by atoms with Crippen molar-refractivity contribution in [3.8, 4) is 0 Å². The first-order valence-corrected chi connectivity index (χ1v) is 7.46. The Morgan fingerprint density at radius 2 is 2.11 bits per heavy atom. The Hall–Kier alpha value is -1.14. The molecule has 19 heavy (non-hydrogen) atoms. The summed E-state index contributed by atoms with van der Waals surface area (Å²) >= 11 is 1.28. The number of carboxylic acids is 1. The fraction of sp³-hybridized carbons (Fsp3) is 0.692. The van der Waals surface area contributed by atoms with Crippen molar-refractivity contribution < 1.29 is 14.6 Å². The number of nitrogens with zero attached hydrogens (tertiary/aromatic N) is 2. The summed E-state index contributed by atoms with van der Waals surface area (Å²) in [5.74, 6) is -0.874. The standard InChI is InChI=1S/C13H20N2O3S/c1-4-5-10-11(12(16)17)19-13(14-10)15-6-8(2)18-9(3)7-15/h8-9H,4-7H2,1-3H3,(H,16,17)/t8-,9+. The van der Waals surface area contributed by atoms with Crippen LogP contribution in [-0.2, 0) is 11.2 Å². The van der Waals surface area contributed by atoms with Crippen LogP contribution in [0.4, 0.5) is 5.13 Å². The molecule has 0 radical (unpaired) electrons. The van der Waals surface area contributed by atoms with Crippen molar-refractivity contribution in [3.05, 3.63) is 10.6 Å². The number of aromatic carboxylic acids is 1. The number of aromatic nitrogens is 1. The average Bonchev–Trinajstić information content (AvgIpc) is 2.72. The maximum Gasteiger partial charge on any atom is 0.347 e. The smallest absolute Gasteiger partial charge is 0.347 e. The van der Waals surface area contributed by atoms with Crippen molar-refractivity contribution in [3.63, 3.8) is 0 Å². The third-order valence-corrected chi connectivity index (χ3v) is 4.20. The van der Waals surface area contributed by atoms with E-state index in [2.05, 4.69) is 9.88 Å². The molecule has 1 aromatic rings. The lowest BCUT2D eigenvalue weighted by Gasteiger charge is -2.35. The molecule has 2 heterocycles. The zero-order valence-corrected chi connectivity index (χ0v) is 12.4. The number of carbonyl (C=O) groups is 1. The fourth-order valence-electron chi connectivity index (χ4n) is 2.38. The van der Waals surface area contributed by atoms with E-state index in [-0.39, 0.29) is 12.2 Å². The first-order valence-electron chi connectivity index (χ1n) is 6.64. The molecule has 2 rings (SSSR count). The molecular formula is C13H20N2O3S. The minimum atomic E-state index is -0.874. The largest absolute Gasteiger partial charge is 0.477 e. The lowest BCUT2D eigenvalue weighted by atomic mass is 10.2. The summed E-state index contributed by atoms with van der Waals surface area (Å²) in [7, 11) is 0. The van der Waals surface area contributed by atoms with Crippen LogP contribution in [0.25, 0.3) is 0 Å². The number of anilines is 1. The number of aryl methyl sites for hydroxylation is 1. The quantitative estimate of drug-likeness (QED) is 0.920. The molecule has 0 aromatic carbocycles. The molecule has 0 unspecified atom stereocenters. The summed E-state index contributed by atoms with van der Waals surface area (Å²) in [6, 6.07) is 0. The Morgan fingerprint density at radius 3 is 2.63 bits per heavy atom. The molecule has 0 aliphatic carbocycles. The molecule has 1 N–H and O–H groups in total. The second-order valence-corrected chi connectivity index (χ2v) is 5.97. The number of thiazole rings is 1. The second-order valence-electron chi connectivity index (χ2n) is 4.99. The van der Waals surface area contributed by atoms with Crippen molar-refractivity contribution in [1.29, 1.82) is 0 Å². The van der Waals surface area contributed by atoms with Gasteiger partial charge in [0.25, 0.3) is 0 Å². The van der Waals surface area contributed by atoms with Crippen molar-refractivity contribution >= 4 is 22.4 Å². The lowest BCUT2D eigenvalue weighted by Crippen LogP contribution is -2.45. The Morgan fingerprint density at radius 1 is 1.47 bits per heavy atom. The van der Waals surface area contributed by atoms with Crippen LogP contribution < -0.4 is 4.90 Å². The van der Waals surface area contributed by atoms with Gasteiger partial charge in [-0.2, -0.15) is 0 Å². The van der Waals surface area contributed by atoms with Gasteiger partial charge < -0.3 is 14.7 Å². The van der Waals surface area contributed by atoms with E-state index in [9.17, 15) is 9.90 Å². The fourth-order valence-corrected chi connectivity index (χ4v) is 3.35. The third-order valence-electron chi connectivity index (χ3n) is 3.06. The highest BCUT2D eigenvalue weighted by molar-refractivity contribution is 7.17. The number of morpholine rings is 1. The minimum absolute atomic E-state index is 0.149. The highest BCUT2D eigenvalue weighted by Crippen LogP contribution is 2.29. The molecule has 5 nitrogen and oxygen atoms in total. The first-order chi connectivity index (χ1) is 9.01. The van der Waals surface area contributed by atoms with Crippen molar-refractivity contribution in [2.45, 2.75) is 45.8 Å². The van der Waals surface area contributed by atoms with Crippen LogP contribution in [0.15, 0.2) is 0 Å². The molecule has 6 heteroatoms. The van der Waals surface area contributed by atoms with Gasteiger partial charge in [-0.25, -0.2) is 9.78 Å². The van der Waals surface area contributed by atoms with Gasteiger partial charge in [-0.15, -0.1) is 0 Å². The number of rotatable bonds is 4. The van der Waals surface area contributed by atoms with Gasteiger partial charge >= 0.3 is 5.97 Å². The van der Waals surface area contributed by atoms with Crippen LogP contribution in [0.5, 0.6) is 0 Å². The van der Waals surface area contributed by atoms with Crippen LogP contribution in [0.3, 0.4) is 0 Å². The predicted molar refractivity (Wildman–Crippen MR) is 75.3 cm³/mol. The average molecular weight is 284 g/mol. The topological polar surface area (TPSA) is 62.7 Å². The van der Waals surface area contributed by atoms with Crippen LogP contribution >= 0.6 is 11.3 Å². The summed E-state index contributed by atoms with van der Waals surface area (Å²) in [6.07, 6.45) is 1.92. The molecule has 1 aliphatic rings. The molecule has 0 saturated carbocycles. The van der Waals surface area contributed by atoms with E-state index in [1.807, 2.05) is 20.8 Å². The zero-order valence-electron chi connectivity index (χ0n) is 11.5. The van der Waals surface area contributed by atoms with E-state index in [1.165, 1.54) is 11.3 Å². The Kier molecular flexibility index (Phi) is 4.42. The predicted octanol–water partition coefficient (Wildman–Crippen LogP) is 2.41. The molecule has 1 aliphatic heterocycles. The highest BCUT2D eigenvalue weighted by Gasteiger charge is 2.26. The van der Waals surface area contributed by atoms with Crippen molar-refractivity contribution in [2.24, 2.45) is 0 Å². The summed E-state index contributed by atoms with van der Waals surface area (Å²) in [6.45, 7) is 7.62. The van der Waals surface area contributed by atoms with E-state index >= 15 is 0 Å². The number of hydrogen-bond acceptors (Lipinski definition) is 5. The molecule has 0 bridgehead atoms. The van der Waals surface area contributed by atoms with E-state index in [0.29, 0.717) is 17.0 Å². The van der Waals surface area contributed by atoms with E-state index < -0.39 is 5.97 Å². The van der Waals surface area contributed by atoms with Gasteiger partial charge in [-0.1, -0.05) is 24.7 Å². The monoisotopic (exact) mass is 284 g/mol. The summed E-state index contributed by atoms with van der Waals surface area (Å²) in [5.41, 5.74) is 0.710. The highest BCUT2D eigenvalue weighted by atomic mass is 32.1. The van der Waals surface area contributed by atoms with Gasteiger partial charge in [-0.3, -0.25) is 0 Å². The molecule has 106 valence electrons. The Labute approximate surface area is 117 Å². The van der Waals surface area contributed by atoms with Crippen LogP contribution in [-0.4, -0.2) is 41.4 Å². The molecular weight excluding hydrogens is 264 g/mol. The number of hydrogen-bond donors (Lipinski definition) is 1. The van der Waals surface area contributed by atoms with E-state index in [4.69, 9.17) is 4.74 Å². The van der Waals surface area contributed by atoms with Gasteiger partial charge in [0.2, 0.25) is 0 Å². The van der Waals surface area contributed by atoms with E-state index in [0.717, 1.165) is 24.6 Å². The molecule has 1 saturated heterocycles. The maximum absolute atomic E-state index is 11.2. The summed E-state index contributed by atoms with van der Waals surface area (Å²) in [5, 5.41) is 10.0. The third kappa shape index (κ3) is 3.25. The second kappa shape index (κ2) is 5.88. The Bertz CT molecular complexity index is 451. The van der Waals surface area contributed by atoms with Gasteiger partial charge in [-0.05, 0) is 20.3 Å². The number of carboxylic acid groups (broad SMARTS) is 1. The first kappa shape index (κ1) is 14.3. The van der Waals surface area contributed by atoms with Gasteiger partial charge in [0.15, 0.2) is 5.13 Å². The normalized spacial score (nSPS) is 23.6. The lowest BCUT2D eigenvalue weighted by molar-refractivity contribution is -0.00523. The Balaban J connectivity index is 2.24. The van der Waals surface area contributed by atoms with Gasteiger partial charge in [0, 0.05) is 13.1 Å². The zero-order chi connectivity index (χ0) is 14.0. The van der Waals surface area contributed by atoms with Crippen molar-refractivity contribution in [2.75, 3.05) is 18.0 Å². The molecule has 0 spiro atoms. The number of ether oxygens (including phenoxy) is 1. The van der Waals surface area contributed by atoms with Crippen LogP contribution in [0.1, 0.15) is 42.6 Å². The summed E-state index contributed by atoms with van der Waals surface area (Å²) in [4.78, 5) is 18.3. The molecule has 1 aromatic heterocycles. The van der Waals surface area contributed by atoms with Crippen molar-refractivity contribution in [1.82, 2.24) is 4.98 Å². The van der Waals surface area contributed by atoms with Gasteiger partial charge in [0.05, 0.1) is 17.9 Å². The van der Waals surface area contributed by atoms with Gasteiger partial charge in [0.1, 0.15) is 4.88 Å². The maximum atomic E-state index is 11.2. The SMILES string of the molecule is CCCc1nc(N2C[C@@H](C)O[C@@H](C)C2)sc1C(=O)O. The molecule has 1 fully saturated rings. The van der Waals surface area contributed by atoms with E-state index in [1.54, 1.807) is 0 Å². The van der Waals surface area contributed by atoms with Crippen LogP contribution in [0.2, 0.25) is 0 Å². The minimum Gasteiger partial charge on any atom is -0.477 e.